The minimum atomic E-state index is 0.730. The predicted octanol–water partition coefficient (Wildman–Crippen LogP) is 2.93. The molecule has 2 aromatic heterocycles. The van der Waals surface area contributed by atoms with Gasteiger partial charge in [-0.05, 0) is 40.6 Å². The SMILES string of the molecule is c1ccc2c(c1)[Si]c1cccc(-c3ccc4cccnc4n3)c1-2. The van der Waals surface area contributed by atoms with Gasteiger partial charge in [0.15, 0.2) is 5.65 Å². The first-order valence-electron chi connectivity index (χ1n) is 7.62. The first kappa shape index (κ1) is 12.7. The highest BCUT2D eigenvalue weighted by Gasteiger charge is 2.22. The minimum absolute atomic E-state index is 0.730. The third-order valence-corrected chi connectivity index (χ3v) is 5.66. The maximum Gasteiger partial charge on any atom is 0.159 e. The first-order chi connectivity index (χ1) is 11.4. The molecule has 0 N–H and O–H groups in total. The molecule has 0 atom stereocenters. The van der Waals surface area contributed by atoms with Gasteiger partial charge < -0.3 is 0 Å². The van der Waals surface area contributed by atoms with Crippen molar-refractivity contribution in [2.45, 2.75) is 0 Å². The van der Waals surface area contributed by atoms with E-state index >= 15 is 0 Å². The number of benzene rings is 2. The van der Waals surface area contributed by atoms with Crippen molar-refractivity contribution in [1.29, 1.82) is 0 Å². The van der Waals surface area contributed by atoms with Gasteiger partial charge in [-0.2, -0.15) is 0 Å². The molecule has 0 amide bonds. The number of pyridine rings is 2. The Morgan fingerprint density at radius 1 is 0.696 bits per heavy atom. The molecule has 0 saturated carbocycles. The smallest absolute Gasteiger partial charge is 0.159 e. The fourth-order valence-electron chi connectivity index (χ4n) is 3.22. The summed E-state index contributed by atoms with van der Waals surface area (Å²) in [6.45, 7) is 0. The third kappa shape index (κ3) is 1.94. The topological polar surface area (TPSA) is 25.8 Å². The van der Waals surface area contributed by atoms with Crippen molar-refractivity contribution in [3.63, 3.8) is 0 Å². The molecule has 0 saturated heterocycles. The van der Waals surface area contributed by atoms with Crippen LogP contribution in [0.5, 0.6) is 0 Å². The summed E-state index contributed by atoms with van der Waals surface area (Å²) in [4.78, 5) is 9.18. The van der Waals surface area contributed by atoms with E-state index < -0.39 is 0 Å². The average molecular weight is 308 g/mol. The Hall–Kier alpha value is -2.78. The molecule has 2 nitrogen and oxygen atoms in total. The van der Waals surface area contributed by atoms with E-state index in [1.807, 2.05) is 12.1 Å². The lowest BCUT2D eigenvalue weighted by Crippen LogP contribution is -2.20. The van der Waals surface area contributed by atoms with Gasteiger partial charge in [-0.3, -0.25) is 0 Å². The number of hydrogen-bond donors (Lipinski definition) is 0. The summed E-state index contributed by atoms with van der Waals surface area (Å²) in [5.41, 5.74) is 5.68. The molecule has 0 unspecified atom stereocenters. The average Bonchev–Trinajstić information content (AvgIpc) is 3.00. The lowest BCUT2D eigenvalue weighted by atomic mass is 9.97. The summed E-state index contributed by atoms with van der Waals surface area (Å²) in [6.07, 6.45) is 1.80. The molecular formula is C20H12N2Si. The van der Waals surface area contributed by atoms with Crippen molar-refractivity contribution < 1.29 is 0 Å². The molecule has 1 aliphatic heterocycles. The van der Waals surface area contributed by atoms with Gasteiger partial charge in [0.2, 0.25) is 0 Å². The molecule has 5 rings (SSSR count). The number of aromatic nitrogens is 2. The zero-order valence-electron chi connectivity index (χ0n) is 12.3. The van der Waals surface area contributed by atoms with Crippen molar-refractivity contribution in [3.8, 4) is 22.4 Å². The van der Waals surface area contributed by atoms with Crippen LogP contribution in [0.2, 0.25) is 0 Å². The predicted molar refractivity (Wildman–Crippen MR) is 95.4 cm³/mol. The normalized spacial score (nSPS) is 12.2. The second-order valence-corrected chi connectivity index (χ2v) is 6.97. The van der Waals surface area contributed by atoms with Gasteiger partial charge in [0.25, 0.3) is 0 Å². The van der Waals surface area contributed by atoms with Crippen LogP contribution >= 0.6 is 0 Å². The standard InChI is InChI=1S/C20H12N2Si/c1-2-8-17-15(6-1)19-14(7-3-9-18(19)23-17)16-11-10-13-5-4-12-21-20(13)22-16/h1-12H. The monoisotopic (exact) mass is 308 g/mol. The summed E-state index contributed by atoms with van der Waals surface area (Å²) in [7, 11) is 0.730. The second kappa shape index (κ2) is 4.86. The molecule has 0 bridgehead atoms. The van der Waals surface area contributed by atoms with Crippen LogP contribution in [0.25, 0.3) is 33.4 Å². The van der Waals surface area contributed by atoms with E-state index in [1.54, 1.807) is 6.20 Å². The van der Waals surface area contributed by atoms with Crippen LogP contribution < -0.4 is 10.4 Å². The fourth-order valence-corrected chi connectivity index (χ4v) is 4.60. The van der Waals surface area contributed by atoms with Crippen molar-refractivity contribution >= 4 is 30.9 Å². The van der Waals surface area contributed by atoms with E-state index in [2.05, 4.69) is 59.6 Å². The quantitative estimate of drug-likeness (QED) is 0.445. The largest absolute Gasteiger partial charge is 0.237 e. The summed E-state index contributed by atoms with van der Waals surface area (Å²) in [6, 6.07) is 23.4. The summed E-state index contributed by atoms with van der Waals surface area (Å²) >= 11 is 0. The Labute approximate surface area is 136 Å². The Bertz CT molecular complexity index is 1060. The van der Waals surface area contributed by atoms with Gasteiger partial charge >= 0.3 is 0 Å². The zero-order valence-corrected chi connectivity index (χ0v) is 13.3. The molecule has 2 aromatic carbocycles. The highest BCUT2D eigenvalue weighted by molar-refractivity contribution is 6.73. The molecule has 23 heavy (non-hydrogen) atoms. The molecule has 3 heterocycles. The van der Waals surface area contributed by atoms with Gasteiger partial charge in [-0.1, -0.05) is 47.7 Å². The fraction of sp³-hybridized carbons (Fsp3) is 0. The molecule has 3 heteroatoms. The highest BCUT2D eigenvalue weighted by Crippen LogP contribution is 2.31. The van der Waals surface area contributed by atoms with Crippen LogP contribution in [0, 0.1) is 0 Å². The Morgan fingerprint density at radius 2 is 1.57 bits per heavy atom. The molecule has 4 aromatic rings. The Balaban J connectivity index is 1.78. The molecule has 1 aliphatic rings. The molecule has 0 spiro atoms. The number of rotatable bonds is 1. The van der Waals surface area contributed by atoms with Crippen molar-refractivity contribution in [2.75, 3.05) is 0 Å². The van der Waals surface area contributed by atoms with Crippen molar-refractivity contribution in [2.24, 2.45) is 0 Å². The lowest BCUT2D eigenvalue weighted by Gasteiger charge is -2.10. The number of nitrogens with zero attached hydrogens (tertiary/aromatic N) is 2. The lowest BCUT2D eigenvalue weighted by molar-refractivity contribution is 1.29. The van der Waals surface area contributed by atoms with Crippen LogP contribution in [0.4, 0.5) is 0 Å². The molecule has 0 fully saturated rings. The Morgan fingerprint density at radius 3 is 2.57 bits per heavy atom. The molecule has 2 radical (unpaired) electrons. The maximum atomic E-state index is 4.79. The summed E-state index contributed by atoms with van der Waals surface area (Å²) in [5.74, 6) is 0. The minimum Gasteiger partial charge on any atom is -0.237 e. The number of fused-ring (bicyclic) bond motifs is 4. The van der Waals surface area contributed by atoms with E-state index in [0.717, 1.165) is 26.2 Å². The van der Waals surface area contributed by atoms with Crippen LogP contribution in [0.3, 0.4) is 0 Å². The van der Waals surface area contributed by atoms with E-state index in [1.165, 1.54) is 27.1 Å². The van der Waals surface area contributed by atoms with Crippen LogP contribution in [0.1, 0.15) is 0 Å². The van der Waals surface area contributed by atoms with Crippen molar-refractivity contribution in [1.82, 2.24) is 9.97 Å². The van der Waals surface area contributed by atoms with Crippen LogP contribution in [-0.4, -0.2) is 19.5 Å². The van der Waals surface area contributed by atoms with Crippen LogP contribution in [0.15, 0.2) is 72.9 Å². The molecule has 0 aliphatic carbocycles. The van der Waals surface area contributed by atoms with Crippen molar-refractivity contribution in [3.05, 3.63) is 72.9 Å². The van der Waals surface area contributed by atoms with E-state index in [-0.39, 0.29) is 0 Å². The second-order valence-electron chi connectivity index (χ2n) is 5.65. The first-order valence-corrected chi connectivity index (χ1v) is 8.62. The summed E-state index contributed by atoms with van der Waals surface area (Å²) in [5, 5.41) is 3.91. The Kier molecular flexibility index (Phi) is 2.69. The highest BCUT2D eigenvalue weighted by atomic mass is 28.2. The zero-order chi connectivity index (χ0) is 15.2. The summed E-state index contributed by atoms with van der Waals surface area (Å²) < 4.78 is 0. The van der Waals surface area contributed by atoms with Gasteiger partial charge in [0.05, 0.1) is 5.69 Å². The van der Waals surface area contributed by atoms with E-state index in [9.17, 15) is 0 Å². The number of hydrogen-bond acceptors (Lipinski definition) is 2. The van der Waals surface area contributed by atoms with Gasteiger partial charge in [-0.25, -0.2) is 9.97 Å². The maximum absolute atomic E-state index is 4.79. The van der Waals surface area contributed by atoms with Crippen LogP contribution in [-0.2, 0) is 0 Å². The van der Waals surface area contributed by atoms with E-state index in [0.29, 0.717) is 0 Å². The van der Waals surface area contributed by atoms with E-state index in [4.69, 9.17) is 4.98 Å². The van der Waals surface area contributed by atoms with Gasteiger partial charge in [0, 0.05) is 17.1 Å². The molecule has 106 valence electrons. The molecular weight excluding hydrogens is 296 g/mol. The van der Waals surface area contributed by atoms with Gasteiger partial charge in [0.1, 0.15) is 9.52 Å². The third-order valence-electron chi connectivity index (χ3n) is 4.27. The van der Waals surface area contributed by atoms with Gasteiger partial charge in [-0.15, -0.1) is 0 Å².